The highest BCUT2D eigenvalue weighted by Crippen LogP contribution is 2.24. The van der Waals surface area contributed by atoms with Crippen LogP contribution in [0.4, 0.5) is 0 Å². The number of hydrogen-bond donors (Lipinski definition) is 1. The highest BCUT2D eigenvalue weighted by molar-refractivity contribution is 7.13. The second-order valence-electron chi connectivity index (χ2n) is 7.33. The minimum Gasteiger partial charge on any atom is -0.356 e. The van der Waals surface area contributed by atoms with Crippen molar-refractivity contribution >= 4 is 11.3 Å². The van der Waals surface area contributed by atoms with Crippen LogP contribution in [-0.2, 0) is 19.5 Å². The van der Waals surface area contributed by atoms with E-state index < -0.39 is 0 Å². The lowest BCUT2D eigenvalue weighted by Gasteiger charge is -2.26. The van der Waals surface area contributed by atoms with Gasteiger partial charge < -0.3 is 9.51 Å². The average molecular weight is 404 g/mol. The number of aromatic amines is 1. The molecule has 0 fully saturated rings. The number of nitrogens with one attached hydrogen (secondary N) is 1. The third-order valence-corrected chi connectivity index (χ3v) is 6.06. The largest absolute Gasteiger partial charge is 0.356 e. The average Bonchev–Trinajstić information content (AvgIpc) is 3.41. The fraction of sp³-hybridized carbons (Fsp3) is 0.227. The fourth-order valence-corrected chi connectivity index (χ4v) is 4.28. The Morgan fingerprint density at radius 3 is 2.90 bits per heavy atom. The summed E-state index contributed by atoms with van der Waals surface area (Å²) < 4.78 is 5.53. The number of nitrogens with zero attached hydrogens (tertiary/aromatic N) is 3. The molecule has 7 heteroatoms. The third kappa shape index (κ3) is 3.66. The molecule has 3 aromatic heterocycles. The monoisotopic (exact) mass is 404 g/mol. The van der Waals surface area contributed by atoms with Gasteiger partial charge in [0.05, 0.1) is 21.8 Å². The first-order chi connectivity index (χ1) is 14.2. The molecule has 6 nitrogen and oxygen atoms in total. The van der Waals surface area contributed by atoms with Crippen molar-refractivity contribution in [3.05, 3.63) is 80.7 Å². The molecule has 0 atom stereocenters. The molecule has 0 saturated heterocycles. The van der Waals surface area contributed by atoms with E-state index in [1.54, 1.807) is 11.3 Å². The van der Waals surface area contributed by atoms with Crippen molar-refractivity contribution in [2.24, 2.45) is 0 Å². The second kappa shape index (κ2) is 7.42. The van der Waals surface area contributed by atoms with Crippen molar-refractivity contribution in [1.29, 1.82) is 0 Å². The number of hydrogen-bond acceptors (Lipinski definition) is 6. The summed E-state index contributed by atoms with van der Waals surface area (Å²) in [5, 5.41) is 6.20. The van der Waals surface area contributed by atoms with Gasteiger partial charge >= 0.3 is 0 Å². The zero-order chi connectivity index (χ0) is 19.8. The van der Waals surface area contributed by atoms with Gasteiger partial charge in [0.15, 0.2) is 11.6 Å². The molecule has 5 rings (SSSR count). The zero-order valence-electron chi connectivity index (χ0n) is 16.0. The summed E-state index contributed by atoms with van der Waals surface area (Å²) in [6.07, 6.45) is 0.750. The summed E-state index contributed by atoms with van der Waals surface area (Å²) in [4.78, 5) is 23.5. The lowest BCUT2D eigenvalue weighted by Crippen LogP contribution is -2.35. The maximum absolute atomic E-state index is 12.6. The number of thiophene rings is 1. The van der Waals surface area contributed by atoms with Crippen LogP contribution in [0, 0.1) is 6.92 Å². The Hall–Kier alpha value is -3.03. The second-order valence-corrected chi connectivity index (χ2v) is 8.27. The molecule has 0 spiro atoms. The van der Waals surface area contributed by atoms with Gasteiger partial charge in [0.25, 0.3) is 5.56 Å². The van der Waals surface area contributed by atoms with E-state index in [0.717, 1.165) is 46.1 Å². The Labute approximate surface area is 171 Å². The van der Waals surface area contributed by atoms with E-state index in [2.05, 4.69) is 34.1 Å². The molecular formula is C22H20N4O2S. The molecule has 1 N–H and O–H groups in total. The van der Waals surface area contributed by atoms with Gasteiger partial charge in [-0.05, 0) is 18.4 Å². The first kappa shape index (κ1) is 18.0. The Morgan fingerprint density at radius 1 is 1.24 bits per heavy atom. The van der Waals surface area contributed by atoms with Crippen molar-refractivity contribution in [2.75, 3.05) is 6.54 Å². The van der Waals surface area contributed by atoms with E-state index >= 15 is 0 Å². The molecule has 4 aromatic rings. The Bertz CT molecular complexity index is 1190. The highest BCUT2D eigenvalue weighted by atomic mass is 32.1. The Kier molecular flexibility index (Phi) is 4.61. The van der Waals surface area contributed by atoms with Crippen LogP contribution in [0.25, 0.3) is 22.0 Å². The van der Waals surface area contributed by atoms with Gasteiger partial charge in [0, 0.05) is 37.7 Å². The number of rotatable bonds is 4. The van der Waals surface area contributed by atoms with Gasteiger partial charge in [-0.3, -0.25) is 9.69 Å². The molecule has 4 heterocycles. The number of aryl methyl sites for hydroxylation is 1. The Balaban J connectivity index is 1.33. The SMILES string of the molecule is Cc1ccc(-c2cc(CN3CCc4nc(-c5cccs5)[nH]c(=O)c4C3)no2)cc1. The molecular weight excluding hydrogens is 384 g/mol. The molecule has 0 aliphatic carbocycles. The van der Waals surface area contributed by atoms with E-state index in [9.17, 15) is 4.79 Å². The highest BCUT2D eigenvalue weighted by Gasteiger charge is 2.22. The molecule has 0 bridgehead atoms. The number of aromatic nitrogens is 3. The minimum absolute atomic E-state index is 0.0522. The van der Waals surface area contributed by atoms with Crippen molar-refractivity contribution in [3.8, 4) is 22.0 Å². The van der Waals surface area contributed by atoms with Crippen LogP contribution in [0.2, 0.25) is 0 Å². The Morgan fingerprint density at radius 2 is 2.10 bits per heavy atom. The lowest BCUT2D eigenvalue weighted by molar-refractivity contribution is 0.234. The predicted octanol–water partition coefficient (Wildman–Crippen LogP) is 4.02. The molecule has 0 saturated carbocycles. The quantitative estimate of drug-likeness (QED) is 0.556. The van der Waals surface area contributed by atoms with Gasteiger partial charge in [0.2, 0.25) is 0 Å². The minimum atomic E-state index is -0.0522. The summed E-state index contributed by atoms with van der Waals surface area (Å²) in [6.45, 7) is 4.10. The maximum atomic E-state index is 12.6. The number of fused-ring (bicyclic) bond motifs is 1. The van der Waals surface area contributed by atoms with Gasteiger partial charge in [-0.2, -0.15) is 0 Å². The van der Waals surface area contributed by atoms with Gasteiger partial charge in [0.1, 0.15) is 0 Å². The smallest absolute Gasteiger partial charge is 0.255 e. The molecule has 146 valence electrons. The van der Waals surface area contributed by atoms with E-state index in [4.69, 9.17) is 9.51 Å². The summed E-state index contributed by atoms with van der Waals surface area (Å²) in [6, 6.07) is 14.1. The van der Waals surface area contributed by atoms with Crippen LogP contribution < -0.4 is 5.56 Å². The molecule has 1 aliphatic heterocycles. The van der Waals surface area contributed by atoms with Crippen LogP contribution in [0.1, 0.15) is 22.5 Å². The number of H-pyrrole nitrogens is 1. The van der Waals surface area contributed by atoms with E-state index in [1.165, 1.54) is 5.56 Å². The van der Waals surface area contributed by atoms with Crippen LogP contribution in [0.5, 0.6) is 0 Å². The van der Waals surface area contributed by atoms with E-state index in [0.29, 0.717) is 18.9 Å². The zero-order valence-corrected chi connectivity index (χ0v) is 16.8. The number of benzene rings is 1. The normalized spacial score (nSPS) is 14.1. The molecule has 0 radical (unpaired) electrons. The van der Waals surface area contributed by atoms with Crippen LogP contribution in [-0.4, -0.2) is 26.6 Å². The third-order valence-electron chi connectivity index (χ3n) is 5.18. The lowest BCUT2D eigenvalue weighted by atomic mass is 10.1. The van der Waals surface area contributed by atoms with Crippen molar-refractivity contribution in [3.63, 3.8) is 0 Å². The predicted molar refractivity (Wildman–Crippen MR) is 113 cm³/mol. The van der Waals surface area contributed by atoms with Crippen LogP contribution in [0.3, 0.4) is 0 Å². The summed E-state index contributed by atoms with van der Waals surface area (Å²) in [5.41, 5.74) is 4.68. The van der Waals surface area contributed by atoms with Crippen molar-refractivity contribution in [1.82, 2.24) is 20.0 Å². The molecule has 1 aromatic carbocycles. The molecule has 0 unspecified atom stereocenters. The van der Waals surface area contributed by atoms with Crippen LogP contribution in [0.15, 0.2) is 57.2 Å². The van der Waals surface area contributed by atoms with Crippen molar-refractivity contribution in [2.45, 2.75) is 26.4 Å². The summed E-state index contributed by atoms with van der Waals surface area (Å²) in [7, 11) is 0. The van der Waals surface area contributed by atoms with E-state index in [1.807, 2.05) is 35.7 Å². The molecule has 29 heavy (non-hydrogen) atoms. The molecule has 1 aliphatic rings. The summed E-state index contributed by atoms with van der Waals surface area (Å²) in [5.74, 6) is 1.42. The van der Waals surface area contributed by atoms with E-state index in [-0.39, 0.29) is 5.56 Å². The van der Waals surface area contributed by atoms with Crippen molar-refractivity contribution < 1.29 is 4.52 Å². The topological polar surface area (TPSA) is 75.0 Å². The summed E-state index contributed by atoms with van der Waals surface area (Å²) >= 11 is 1.58. The first-order valence-corrected chi connectivity index (χ1v) is 10.4. The van der Waals surface area contributed by atoms with Gasteiger partial charge in [-0.25, -0.2) is 4.98 Å². The van der Waals surface area contributed by atoms with Gasteiger partial charge in [-0.1, -0.05) is 41.1 Å². The van der Waals surface area contributed by atoms with Crippen LogP contribution >= 0.6 is 11.3 Å². The fourth-order valence-electron chi connectivity index (χ4n) is 3.62. The first-order valence-electron chi connectivity index (χ1n) is 9.56. The maximum Gasteiger partial charge on any atom is 0.255 e. The van der Waals surface area contributed by atoms with Gasteiger partial charge in [-0.15, -0.1) is 11.3 Å². The standard InChI is InChI=1S/C22H20N4O2S/c1-14-4-6-15(7-5-14)19-11-16(25-28-19)12-26-9-8-18-17(13-26)22(27)24-21(23-18)20-3-2-10-29-20/h2-7,10-11H,8-9,12-13H2,1H3,(H,23,24,27). The molecule has 0 amide bonds.